The van der Waals surface area contributed by atoms with Crippen molar-refractivity contribution in [1.82, 2.24) is 5.32 Å². The Kier molecular flexibility index (Phi) is 7.15. The van der Waals surface area contributed by atoms with Crippen molar-refractivity contribution in [3.05, 3.63) is 29.3 Å². The molecule has 1 aromatic rings. The summed E-state index contributed by atoms with van der Waals surface area (Å²) in [6.45, 7) is 9.01. The van der Waals surface area contributed by atoms with Crippen LogP contribution < -0.4 is 10.1 Å². The van der Waals surface area contributed by atoms with Crippen LogP contribution in [0.15, 0.2) is 18.2 Å². The Morgan fingerprint density at radius 2 is 2.05 bits per heavy atom. The second-order valence-corrected chi connectivity index (χ2v) is 6.11. The topological polar surface area (TPSA) is 61.7 Å². The van der Waals surface area contributed by atoms with E-state index in [0.29, 0.717) is 13.1 Å². The maximum Gasteiger partial charge on any atom is 0.122 e. The normalized spacial score (nSPS) is 15.5. The second kappa shape index (κ2) is 8.37. The van der Waals surface area contributed by atoms with Crippen LogP contribution in [-0.4, -0.2) is 41.6 Å². The molecule has 0 heterocycles. The van der Waals surface area contributed by atoms with Crippen LogP contribution in [0.3, 0.4) is 0 Å². The predicted molar refractivity (Wildman–Crippen MR) is 85.8 cm³/mol. The summed E-state index contributed by atoms with van der Waals surface area (Å²) in [5, 5.41) is 23.0. The average Bonchev–Trinajstić information content (AvgIpc) is 2.37. The molecule has 2 atom stereocenters. The highest BCUT2D eigenvalue weighted by atomic mass is 16.5. The minimum Gasteiger partial charge on any atom is -0.491 e. The average molecular weight is 295 g/mol. The standard InChI is InChI=1S/C17H29NO3/c1-5-8-17(4,20)12-18-10-15(19)11-21-16-7-6-13(2)9-14(16)3/h6-7,9,15,18-20H,5,8,10-12H2,1-4H3. The molecule has 0 aliphatic carbocycles. The Morgan fingerprint density at radius 3 is 2.67 bits per heavy atom. The van der Waals surface area contributed by atoms with E-state index >= 15 is 0 Å². The summed E-state index contributed by atoms with van der Waals surface area (Å²) >= 11 is 0. The molecule has 120 valence electrons. The number of hydrogen-bond acceptors (Lipinski definition) is 4. The number of benzene rings is 1. The predicted octanol–water partition coefficient (Wildman–Crippen LogP) is 2.18. The van der Waals surface area contributed by atoms with Crippen LogP contribution in [-0.2, 0) is 0 Å². The molecule has 0 aromatic heterocycles. The minimum absolute atomic E-state index is 0.243. The van der Waals surface area contributed by atoms with E-state index < -0.39 is 11.7 Å². The van der Waals surface area contributed by atoms with Gasteiger partial charge in [0.2, 0.25) is 0 Å². The fourth-order valence-electron chi connectivity index (χ4n) is 2.34. The third kappa shape index (κ3) is 6.93. The number of rotatable bonds is 9. The molecule has 1 rings (SSSR count). The van der Waals surface area contributed by atoms with Crippen LogP contribution in [0, 0.1) is 13.8 Å². The van der Waals surface area contributed by atoms with E-state index in [1.165, 1.54) is 5.56 Å². The molecule has 0 aliphatic heterocycles. The van der Waals surface area contributed by atoms with Gasteiger partial charge in [-0.25, -0.2) is 0 Å². The molecule has 0 radical (unpaired) electrons. The van der Waals surface area contributed by atoms with Gasteiger partial charge in [0.05, 0.1) is 5.60 Å². The minimum atomic E-state index is -0.719. The Hall–Kier alpha value is -1.10. The second-order valence-electron chi connectivity index (χ2n) is 6.11. The van der Waals surface area contributed by atoms with Crippen molar-refractivity contribution in [2.75, 3.05) is 19.7 Å². The molecule has 4 nitrogen and oxygen atoms in total. The number of ether oxygens (including phenoxy) is 1. The lowest BCUT2D eigenvalue weighted by atomic mass is 10.0. The number of aryl methyl sites for hydroxylation is 2. The lowest BCUT2D eigenvalue weighted by molar-refractivity contribution is 0.0427. The summed E-state index contributed by atoms with van der Waals surface area (Å²) in [5.74, 6) is 0.803. The Bertz CT molecular complexity index is 432. The van der Waals surface area contributed by atoms with Crippen molar-refractivity contribution in [2.45, 2.75) is 52.2 Å². The van der Waals surface area contributed by atoms with Crippen LogP contribution in [0.5, 0.6) is 5.75 Å². The third-order valence-corrected chi connectivity index (χ3v) is 3.44. The molecule has 0 spiro atoms. The number of aliphatic hydroxyl groups excluding tert-OH is 1. The van der Waals surface area contributed by atoms with E-state index in [2.05, 4.69) is 11.4 Å². The molecular formula is C17H29NO3. The van der Waals surface area contributed by atoms with Crippen molar-refractivity contribution in [2.24, 2.45) is 0 Å². The van der Waals surface area contributed by atoms with Gasteiger partial charge in [-0.3, -0.25) is 0 Å². The molecule has 1 aromatic carbocycles. The molecular weight excluding hydrogens is 266 g/mol. The largest absolute Gasteiger partial charge is 0.491 e. The lowest BCUT2D eigenvalue weighted by Crippen LogP contribution is -2.41. The summed E-state index contributed by atoms with van der Waals surface area (Å²) in [6.07, 6.45) is 1.09. The molecule has 3 N–H and O–H groups in total. The maximum atomic E-state index is 10.0. The lowest BCUT2D eigenvalue weighted by Gasteiger charge is -2.24. The SMILES string of the molecule is CCCC(C)(O)CNCC(O)COc1ccc(C)cc1C. The van der Waals surface area contributed by atoms with Gasteiger partial charge in [0, 0.05) is 13.1 Å². The maximum absolute atomic E-state index is 10.0. The molecule has 2 unspecified atom stereocenters. The first kappa shape index (κ1) is 18.0. The van der Waals surface area contributed by atoms with Gasteiger partial charge in [-0.1, -0.05) is 31.0 Å². The Morgan fingerprint density at radius 1 is 1.33 bits per heavy atom. The highest BCUT2D eigenvalue weighted by Crippen LogP contribution is 2.18. The van der Waals surface area contributed by atoms with E-state index in [-0.39, 0.29) is 6.61 Å². The van der Waals surface area contributed by atoms with Crippen molar-refractivity contribution in [1.29, 1.82) is 0 Å². The van der Waals surface area contributed by atoms with Gasteiger partial charge < -0.3 is 20.3 Å². The van der Waals surface area contributed by atoms with Gasteiger partial charge in [0.1, 0.15) is 18.5 Å². The fourth-order valence-corrected chi connectivity index (χ4v) is 2.34. The number of nitrogens with one attached hydrogen (secondary N) is 1. The molecule has 21 heavy (non-hydrogen) atoms. The Balaban J connectivity index is 2.29. The zero-order valence-corrected chi connectivity index (χ0v) is 13.6. The third-order valence-electron chi connectivity index (χ3n) is 3.44. The van der Waals surface area contributed by atoms with Crippen LogP contribution in [0.1, 0.15) is 37.8 Å². The highest BCUT2D eigenvalue weighted by molar-refractivity contribution is 5.35. The number of aliphatic hydroxyl groups is 2. The monoisotopic (exact) mass is 295 g/mol. The smallest absolute Gasteiger partial charge is 0.122 e. The summed E-state index contributed by atoms with van der Waals surface area (Å²) in [5.41, 5.74) is 1.55. The van der Waals surface area contributed by atoms with Gasteiger partial charge in [0.25, 0.3) is 0 Å². The van der Waals surface area contributed by atoms with E-state index in [1.54, 1.807) is 0 Å². The first-order valence-electron chi connectivity index (χ1n) is 7.65. The summed E-state index contributed by atoms with van der Waals surface area (Å²) in [7, 11) is 0. The molecule has 0 fully saturated rings. The van der Waals surface area contributed by atoms with Crippen molar-refractivity contribution in [3.8, 4) is 5.75 Å². The summed E-state index contributed by atoms with van der Waals surface area (Å²) in [6, 6.07) is 5.98. The van der Waals surface area contributed by atoms with E-state index in [4.69, 9.17) is 4.74 Å². The summed E-state index contributed by atoms with van der Waals surface area (Å²) in [4.78, 5) is 0. The molecule has 0 amide bonds. The van der Waals surface area contributed by atoms with Crippen LogP contribution in [0.25, 0.3) is 0 Å². The molecule has 0 saturated heterocycles. The zero-order chi connectivity index (χ0) is 15.9. The van der Waals surface area contributed by atoms with E-state index in [1.807, 2.05) is 39.8 Å². The molecule has 0 saturated carbocycles. The highest BCUT2D eigenvalue weighted by Gasteiger charge is 2.18. The Labute approximate surface area is 128 Å². The molecule has 0 bridgehead atoms. The summed E-state index contributed by atoms with van der Waals surface area (Å²) < 4.78 is 5.63. The first-order chi connectivity index (χ1) is 9.84. The van der Waals surface area contributed by atoms with Crippen molar-refractivity contribution in [3.63, 3.8) is 0 Å². The van der Waals surface area contributed by atoms with Crippen LogP contribution in [0.2, 0.25) is 0 Å². The van der Waals surface area contributed by atoms with Crippen molar-refractivity contribution < 1.29 is 14.9 Å². The molecule has 0 aliphatic rings. The van der Waals surface area contributed by atoms with Crippen LogP contribution in [0.4, 0.5) is 0 Å². The van der Waals surface area contributed by atoms with E-state index in [9.17, 15) is 10.2 Å². The van der Waals surface area contributed by atoms with Gasteiger partial charge in [-0.2, -0.15) is 0 Å². The van der Waals surface area contributed by atoms with Gasteiger partial charge >= 0.3 is 0 Å². The number of hydrogen-bond donors (Lipinski definition) is 3. The van der Waals surface area contributed by atoms with Crippen LogP contribution >= 0.6 is 0 Å². The van der Waals surface area contributed by atoms with Gasteiger partial charge in [0.15, 0.2) is 0 Å². The van der Waals surface area contributed by atoms with Gasteiger partial charge in [-0.15, -0.1) is 0 Å². The quantitative estimate of drug-likeness (QED) is 0.653. The van der Waals surface area contributed by atoms with E-state index in [0.717, 1.165) is 24.2 Å². The molecule has 4 heteroatoms. The fraction of sp³-hybridized carbons (Fsp3) is 0.647. The van der Waals surface area contributed by atoms with Crippen molar-refractivity contribution >= 4 is 0 Å². The van der Waals surface area contributed by atoms with Gasteiger partial charge in [-0.05, 0) is 38.8 Å². The first-order valence-corrected chi connectivity index (χ1v) is 7.65. The zero-order valence-electron chi connectivity index (χ0n) is 13.6.